The van der Waals surface area contributed by atoms with E-state index in [0.717, 1.165) is 77.0 Å². The second-order valence-electron chi connectivity index (χ2n) is 20.6. The van der Waals surface area contributed by atoms with Crippen LogP contribution in [0, 0.1) is 0 Å². The van der Waals surface area contributed by atoms with Crippen molar-refractivity contribution in [2.24, 2.45) is 0 Å². The molecule has 6 heteroatoms. The predicted molar refractivity (Wildman–Crippen MR) is 298 cm³/mol. The summed E-state index contributed by atoms with van der Waals surface area (Å²) in [5.41, 5.74) is 0. The van der Waals surface area contributed by atoms with Gasteiger partial charge in [0, 0.05) is 19.3 Å². The highest BCUT2D eigenvalue weighted by atomic mass is 16.6. The molecule has 0 bridgehead atoms. The Bertz CT molecular complexity index is 1160. The van der Waals surface area contributed by atoms with Crippen LogP contribution in [0.4, 0.5) is 0 Å². The number of carbonyl (C=O) groups excluding carboxylic acids is 3. The van der Waals surface area contributed by atoms with Gasteiger partial charge < -0.3 is 14.2 Å². The number of allylic oxidation sites excluding steroid dienone is 6. The molecule has 0 spiro atoms. The van der Waals surface area contributed by atoms with E-state index in [1.54, 1.807) is 0 Å². The lowest BCUT2D eigenvalue weighted by Crippen LogP contribution is -2.30. The molecule has 0 aliphatic heterocycles. The summed E-state index contributed by atoms with van der Waals surface area (Å²) in [4.78, 5) is 38.1. The lowest BCUT2D eigenvalue weighted by molar-refractivity contribution is -0.167. The molecule has 0 N–H and O–H groups in total. The number of hydrogen-bond donors (Lipinski definition) is 0. The molecule has 0 heterocycles. The zero-order valence-corrected chi connectivity index (χ0v) is 46.3. The van der Waals surface area contributed by atoms with Crippen molar-refractivity contribution < 1.29 is 28.6 Å². The van der Waals surface area contributed by atoms with Crippen molar-refractivity contribution in [3.63, 3.8) is 0 Å². The topological polar surface area (TPSA) is 78.9 Å². The number of carbonyl (C=O) groups is 3. The van der Waals surface area contributed by atoms with Gasteiger partial charge in [0.05, 0.1) is 0 Å². The van der Waals surface area contributed by atoms with Crippen molar-refractivity contribution >= 4 is 17.9 Å². The first-order chi connectivity index (χ1) is 34.0. The molecule has 0 aromatic heterocycles. The van der Waals surface area contributed by atoms with Gasteiger partial charge in [0.1, 0.15) is 13.2 Å². The largest absolute Gasteiger partial charge is 0.462 e. The van der Waals surface area contributed by atoms with E-state index in [4.69, 9.17) is 14.2 Å². The number of ether oxygens (including phenoxy) is 3. The Morgan fingerprint density at radius 2 is 0.551 bits per heavy atom. The highest BCUT2D eigenvalue weighted by Gasteiger charge is 2.19. The number of esters is 3. The van der Waals surface area contributed by atoms with Crippen LogP contribution in [-0.4, -0.2) is 37.2 Å². The van der Waals surface area contributed by atoms with E-state index in [9.17, 15) is 14.4 Å². The van der Waals surface area contributed by atoms with E-state index < -0.39 is 6.10 Å². The van der Waals surface area contributed by atoms with Gasteiger partial charge in [-0.2, -0.15) is 0 Å². The molecular weight excluding hydrogens is 853 g/mol. The third-order valence-corrected chi connectivity index (χ3v) is 13.6. The number of unbranched alkanes of at least 4 members (excludes halogenated alkanes) is 39. The van der Waals surface area contributed by atoms with Crippen LogP contribution in [0.3, 0.4) is 0 Å². The molecule has 0 saturated heterocycles. The number of hydrogen-bond acceptors (Lipinski definition) is 6. The summed E-state index contributed by atoms with van der Waals surface area (Å²) in [6.07, 6.45) is 70.1. The first-order valence-electron chi connectivity index (χ1n) is 30.5. The molecule has 0 aliphatic carbocycles. The van der Waals surface area contributed by atoms with E-state index >= 15 is 0 Å². The molecule has 69 heavy (non-hydrogen) atoms. The van der Waals surface area contributed by atoms with Crippen LogP contribution < -0.4 is 0 Å². The molecule has 0 aromatic rings. The quantitative estimate of drug-likeness (QED) is 0.0261. The fraction of sp³-hybridized carbons (Fsp3) is 0.857. The zero-order valence-electron chi connectivity index (χ0n) is 46.3. The Morgan fingerprint density at radius 3 is 0.899 bits per heavy atom. The average Bonchev–Trinajstić information content (AvgIpc) is 3.35. The van der Waals surface area contributed by atoms with Crippen LogP contribution in [-0.2, 0) is 28.6 Å². The molecule has 0 radical (unpaired) electrons. The van der Waals surface area contributed by atoms with Crippen molar-refractivity contribution in [1.29, 1.82) is 0 Å². The van der Waals surface area contributed by atoms with Crippen molar-refractivity contribution in [3.8, 4) is 0 Å². The van der Waals surface area contributed by atoms with E-state index in [2.05, 4.69) is 57.2 Å². The maximum atomic E-state index is 12.9. The van der Waals surface area contributed by atoms with Crippen molar-refractivity contribution in [1.82, 2.24) is 0 Å². The fourth-order valence-corrected chi connectivity index (χ4v) is 9.01. The van der Waals surface area contributed by atoms with Gasteiger partial charge in [-0.3, -0.25) is 14.4 Å². The molecule has 1 atom stereocenters. The zero-order chi connectivity index (χ0) is 50.0. The van der Waals surface area contributed by atoms with Crippen LogP contribution >= 0.6 is 0 Å². The maximum Gasteiger partial charge on any atom is 0.306 e. The second kappa shape index (κ2) is 58.2. The molecule has 1 unspecified atom stereocenters. The van der Waals surface area contributed by atoms with Crippen molar-refractivity contribution in [2.45, 2.75) is 335 Å². The van der Waals surface area contributed by atoms with Gasteiger partial charge in [0.2, 0.25) is 0 Å². The molecule has 404 valence electrons. The summed E-state index contributed by atoms with van der Waals surface area (Å²) in [5.74, 6) is -0.869. The first kappa shape index (κ1) is 66.6. The lowest BCUT2D eigenvalue weighted by Gasteiger charge is -2.18. The summed E-state index contributed by atoms with van der Waals surface area (Å²) in [6, 6.07) is 0. The SMILES string of the molecule is CCC/C=C\CCCCCCCC(=O)OCC(COC(=O)CCCCCCCCCCCCCCCCCCCCCCCC)OC(=O)CCCCCCCCCCC/C=C\C/C=C\CCCCC. The lowest BCUT2D eigenvalue weighted by atomic mass is 10.0. The van der Waals surface area contributed by atoms with Crippen LogP contribution in [0.2, 0.25) is 0 Å². The monoisotopic (exact) mass is 969 g/mol. The van der Waals surface area contributed by atoms with Gasteiger partial charge >= 0.3 is 17.9 Å². The van der Waals surface area contributed by atoms with Crippen LogP contribution in [0.5, 0.6) is 0 Å². The Labute approximate surface area is 429 Å². The van der Waals surface area contributed by atoms with Gasteiger partial charge in [-0.15, -0.1) is 0 Å². The number of rotatable bonds is 56. The first-order valence-corrected chi connectivity index (χ1v) is 30.5. The molecule has 0 rings (SSSR count). The average molecular weight is 970 g/mol. The van der Waals surface area contributed by atoms with Gasteiger partial charge in [0.15, 0.2) is 6.10 Å². The molecule has 0 amide bonds. The van der Waals surface area contributed by atoms with Gasteiger partial charge in [-0.1, -0.05) is 276 Å². The standard InChI is InChI=1S/C63H116O6/c1-4-7-10-13-16-19-22-24-26-28-30-31-32-34-35-37-39-41-44-47-50-53-56-62(65)68-59-60(58-67-61(64)55-52-49-46-43-21-18-15-12-9-6-3)69-63(66)57-54-51-48-45-42-40-38-36-33-29-27-25-23-20-17-14-11-8-5-2/h12,15,17,20,25,27,60H,4-11,13-14,16,18-19,21-24,26,28-59H2,1-3H3/b15-12-,20-17-,27-25-. The molecule has 0 saturated carbocycles. The van der Waals surface area contributed by atoms with Crippen LogP contribution in [0.1, 0.15) is 329 Å². The molecular formula is C63H116O6. The summed E-state index contributed by atoms with van der Waals surface area (Å²) >= 11 is 0. The van der Waals surface area contributed by atoms with Crippen molar-refractivity contribution in [2.75, 3.05) is 13.2 Å². The summed E-state index contributed by atoms with van der Waals surface area (Å²) in [7, 11) is 0. The van der Waals surface area contributed by atoms with Gasteiger partial charge in [-0.25, -0.2) is 0 Å². The van der Waals surface area contributed by atoms with E-state index in [0.29, 0.717) is 19.3 Å². The van der Waals surface area contributed by atoms with E-state index in [1.165, 1.54) is 212 Å². The van der Waals surface area contributed by atoms with Crippen LogP contribution in [0.15, 0.2) is 36.5 Å². The second-order valence-corrected chi connectivity index (χ2v) is 20.6. The molecule has 0 fully saturated rings. The Balaban J connectivity index is 4.22. The summed E-state index contributed by atoms with van der Waals surface area (Å²) in [6.45, 7) is 6.59. The van der Waals surface area contributed by atoms with Gasteiger partial charge in [0.25, 0.3) is 0 Å². The smallest absolute Gasteiger partial charge is 0.306 e. The minimum Gasteiger partial charge on any atom is -0.462 e. The molecule has 6 nitrogen and oxygen atoms in total. The van der Waals surface area contributed by atoms with E-state index in [1.807, 2.05) is 0 Å². The third-order valence-electron chi connectivity index (χ3n) is 13.6. The molecule has 0 aliphatic rings. The highest BCUT2D eigenvalue weighted by Crippen LogP contribution is 2.17. The van der Waals surface area contributed by atoms with Crippen molar-refractivity contribution in [3.05, 3.63) is 36.5 Å². The Morgan fingerprint density at radius 1 is 0.290 bits per heavy atom. The Kier molecular flexibility index (Phi) is 56.2. The highest BCUT2D eigenvalue weighted by molar-refractivity contribution is 5.71. The summed E-state index contributed by atoms with van der Waals surface area (Å²) in [5, 5.41) is 0. The normalized spacial score (nSPS) is 12.2. The minimum atomic E-state index is -0.775. The Hall–Kier alpha value is -2.37. The van der Waals surface area contributed by atoms with Crippen LogP contribution in [0.25, 0.3) is 0 Å². The molecule has 0 aromatic carbocycles. The maximum absolute atomic E-state index is 12.9. The van der Waals surface area contributed by atoms with E-state index in [-0.39, 0.29) is 31.1 Å². The van der Waals surface area contributed by atoms with Gasteiger partial charge in [-0.05, 0) is 70.6 Å². The fourth-order valence-electron chi connectivity index (χ4n) is 9.01. The minimum absolute atomic E-state index is 0.0727. The predicted octanol–water partition coefficient (Wildman–Crippen LogP) is 20.4. The summed E-state index contributed by atoms with van der Waals surface area (Å²) < 4.78 is 16.9. The third kappa shape index (κ3) is 56.4.